The molecule has 0 heterocycles. The minimum absolute atomic E-state index is 0.581. The number of unbranched alkanes of at least 4 members (excludes halogenated alkanes) is 5. The van der Waals surface area contributed by atoms with Crippen LogP contribution in [-0.4, -0.2) is 25.8 Å². The van der Waals surface area contributed by atoms with Crippen molar-refractivity contribution in [3.63, 3.8) is 0 Å². The molecule has 22 heavy (non-hydrogen) atoms. The highest BCUT2D eigenvalue weighted by atomic mass is 16.9. The lowest BCUT2D eigenvalue weighted by Crippen LogP contribution is -2.41. The summed E-state index contributed by atoms with van der Waals surface area (Å²) in [5.41, 5.74) is 1.15. The highest BCUT2D eigenvalue weighted by molar-refractivity contribution is 5.10. The van der Waals surface area contributed by atoms with Crippen LogP contribution in [0.25, 0.3) is 0 Å². The zero-order valence-corrected chi connectivity index (χ0v) is 15.6. The Hall–Kier alpha value is -0.380. The molecule has 0 spiro atoms. The Morgan fingerprint density at radius 2 is 1.23 bits per heavy atom. The Morgan fingerprint density at radius 3 is 1.68 bits per heavy atom. The van der Waals surface area contributed by atoms with Crippen molar-refractivity contribution >= 4 is 0 Å². The van der Waals surface area contributed by atoms with Crippen LogP contribution in [0.2, 0.25) is 0 Å². The van der Waals surface area contributed by atoms with E-state index in [4.69, 9.17) is 14.2 Å². The van der Waals surface area contributed by atoms with Gasteiger partial charge in [-0.15, -0.1) is 0 Å². The Morgan fingerprint density at radius 1 is 0.727 bits per heavy atom. The van der Waals surface area contributed by atoms with Gasteiger partial charge in [0.15, 0.2) is 0 Å². The number of allylic oxidation sites excluding steroid dienone is 1. The summed E-state index contributed by atoms with van der Waals surface area (Å²) in [6.07, 6.45) is 11.9. The van der Waals surface area contributed by atoms with Crippen LogP contribution in [0, 0.1) is 0 Å². The van der Waals surface area contributed by atoms with E-state index >= 15 is 0 Å². The SMILES string of the molecule is CCC=C(CCCCCCCC)C(OCC)(OCC)OCC. The van der Waals surface area contributed by atoms with Gasteiger partial charge in [0, 0.05) is 25.4 Å². The van der Waals surface area contributed by atoms with E-state index in [1.165, 1.54) is 38.5 Å². The van der Waals surface area contributed by atoms with E-state index in [9.17, 15) is 0 Å². The van der Waals surface area contributed by atoms with Crippen LogP contribution in [0.15, 0.2) is 11.6 Å². The molecule has 132 valence electrons. The number of rotatable bonds is 15. The van der Waals surface area contributed by atoms with Crippen molar-refractivity contribution in [2.75, 3.05) is 19.8 Å². The summed E-state index contributed by atoms with van der Waals surface area (Å²) in [5, 5.41) is 0. The summed E-state index contributed by atoms with van der Waals surface area (Å²) in [5.74, 6) is -0.975. The largest absolute Gasteiger partial charge is 0.324 e. The fourth-order valence-electron chi connectivity index (χ4n) is 2.70. The molecule has 3 heteroatoms. The number of hydrogen-bond acceptors (Lipinski definition) is 3. The van der Waals surface area contributed by atoms with Crippen molar-refractivity contribution in [3.8, 4) is 0 Å². The van der Waals surface area contributed by atoms with Crippen molar-refractivity contribution in [2.45, 2.75) is 92.0 Å². The van der Waals surface area contributed by atoms with Gasteiger partial charge in [0.2, 0.25) is 0 Å². The molecule has 0 aromatic carbocycles. The number of ether oxygens (including phenoxy) is 3. The molecule has 0 aliphatic heterocycles. The molecule has 0 amide bonds. The fraction of sp³-hybridized carbons (Fsp3) is 0.895. The molecule has 0 atom stereocenters. The van der Waals surface area contributed by atoms with Crippen molar-refractivity contribution in [3.05, 3.63) is 11.6 Å². The summed E-state index contributed by atoms with van der Waals surface area (Å²) >= 11 is 0. The summed E-state index contributed by atoms with van der Waals surface area (Å²) < 4.78 is 17.7. The Kier molecular flexibility index (Phi) is 14.0. The molecule has 0 N–H and O–H groups in total. The molecule has 0 saturated heterocycles. The van der Waals surface area contributed by atoms with Crippen molar-refractivity contribution in [2.24, 2.45) is 0 Å². The zero-order chi connectivity index (χ0) is 16.7. The highest BCUT2D eigenvalue weighted by Gasteiger charge is 2.36. The van der Waals surface area contributed by atoms with Gasteiger partial charge in [0.1, 0.15) is 0 Å². The van der Waals surface area contributed by atoms with Gasteiger partial charge < -0.3 is 14.2 Å². The summed E-state index contributed by atoms with van der Waals surface area (Å²) in [6, 6.07) is 0. The van der Waals surface area contributed by atoms with Gasteiger partial charge in [-0.05, 0) is 40.0 Å². The molecule has 0 fully saturated rings. The van der Waals surface area contributed by atoms with Crippen LogP contribution >= 0.6 is 0 Å². The Balaban J connectivity index is 4.71. The molecule has 0 radical (unpaired) electrons. The second-order valence-corrected chi connectivity index (χ2v) is 5.51. The predicted octanol–water partition coefficient (Wildman–Crippen LogP) is 5.84. The van der Waals surface area contributed by atoms with Crippen molar-refractivity contribution in [1.29, 1.82) is 0 Å². The number of hydrogen-bond donors (Lipinski definition) is 0. The third-order valence-electron chi connectivity index (χ3n) is 3.65. The average Bonchev–Trinajstić information content (AvgIpc) is 2.50. The topological polar surface area (TPSA) is 27.7 Å². The Bertz CT molecular complexity index is 257. The lowest BCUT2D eigenvalue weighted by molar-refractivity contribution is -0.354. The standard InChI is InChI=1S/C19H38O3/c1-6-11-12-13-14-15-17-18(16-7-2)19(20-8-3,21-9-4)22-10-5/h16H,6-15,17H2,1-5H3. The Labute approximate surface area is 138 Å². The van der Waals surface area contributed by atoms with Gasteiger partial charge in [-0.2, -0.15) is 0 Å². The quantitative estimate of drug-likeness (QED) is 0.216. The van der Waals surface area contributed by atoms with Crippen LogP contribution in [0.3, 0.4) is 0 Å². The molecule has 0 aliphatic rings. The van der Waals surface area contributed by atoms with E-state index in [0.29, 0.717) is 19.8 Å². The molecule has 0 rings (SSSR count). The summed E-state index contributed by atoms with van der Waals surface area (Å²) in [7, 11) is 0. The zero-order valence-electron chi connectivity index (χ0n) is 15.6. The normalized spacial score (nSPS) is 12.9. The van der Waals surface area contributed by atoms with Crippen LogP contribution in [0.4, 0.5) is 0 Å². The molecule has 0 aliphatic carbocycles. The first kappa shape index (κ1) is 21.6. The van der Waals surface area contributed by atoms with Crippen LogP contribution in [-0.2, 0) is 14.2 Å². The lowest BCUT2D eigenvalue weighted by Gasteiger charge is -2.34. The lowest BCUT2D eigenvalue weighted by atomic mass is 10.0. The van der Waals surface area contributed by atoms with Crippen LogP contribution in [0.5, 0.6) is 0 Å². The maximum Gasteiger partial charge on any atom is 0.307 e. The predicted molar refractivity (Wildman–Crippen MR) is 94.0 cm³/mol. The van der Waals surface area contributed by atoms with Gasteiger partial charge in [-0.3, -0.25) is 0 Å². The van der Waals surface area contributed by atoms with Gasteiger partial charge in [-0.25, -0.2) is 0 Å². The molecule has 0 saturated carbocycles. The maximum absolute atomic E-state index is 5.91. The van der Waals surface area contributed by atoms with Crippen LogP contribution in [0.1, 0.15) is 86.0 Å². The molecular formula is C19H38O3. The van der Waals surface area contributed by atoms with Crippen LogP contribution < -0.4 is 0 Å². The second-order valence-electron chi connectivity index (χ2n) is 5.51. The van der Waals surface area contributed by atoms with Crippen molar-refractivity contribution in [1.82, 2.24) is 0 Å². The van der Waals surface area contributed by atoms with E-state index in [1.807, 2.05) is 20.8 Å². The van der Waals surface area contributed by atoms with Gasteiger partial charge in [0.25, 0.3) is 0 Å². The molecular weight excluding hydrogens is 276 g/mol. The first-order valence-electron chi connectivity index (χ1n) is 9.31. The average molecular weight is 315 g/mol. The smallest absolute Gasteiger partial charge is 0.307 e. The summed E-state index contributed by atoms with van der Waals surface area (Å²) in [6.45, 7) is 12.1. The highest BCUT2D eigenvalue weighted by Crippen LogP contribution is 2.30. The van der Waals surface area contributed by atoms with E-state index in [0.717, 1.165) is 18.4 Å². The minimum Gasteiger partial charge on any atom is -0.324 e. The molecule has 0 aromatic rings. The van der Waals surface area contributed by atoms with Crippen molar-refractivity contribution < 1.29 is 14.2 Å². The minimum atomic E-state index is -0.975. The van der Waals surface area contributed by atoms with Gasteiger partial charge in [-0.1, -0.05) is 52.0 Å². The maximum atomic E-state index is 5.91. The monoisotopic (exact) mass is 314 g/mol. The third-order valence-corrected chi connectivity index (χ3v) is 3.65. The first-order valence-corrected chi connectivity index (χ1v) is 9.31. The van der Waals surface area contributed by atoms with Gasteiger partial charge in [0.05, 0.1) is 0 Å². The van der Waals surface area contributed by atoms with E-state index in [2.05, 4.69) is 19.9 Å². The molecule has 0 bridgehead atoms. The van der Waals surface area contributed by atoms with E-state index in [-0.39, 0.29) is 0 Å². The first-order chi connectivity index (χ1) is 10.7. The molecule has 0 aromatic heterocycles. The molecule has 0 unspecified atom stereocenters. The fourth-order valence-corrected chi connectivity index (χ4v) is 2.70. The van der Waals surface area contributed by atoms with Gasteiger partial charge >= 0.3 is 5.97 Å². The molecule has 3 nitrogen and oxygen atoms in total. The second kappa shape index (κ2) is 14.2. The summed E-state index contributed by atoms with van der Waals surface area (Å²) in [4.78, 5) is 0. The van der Waals surface area contributed by atoms with E-state index < -0.39 is 5.97 Å². The third kappa shape index (κ3) is 8.30. The van der Waals surface area contributed by atoms with E-state index in [1.54, 1.807) is 0 Å².